The molecule has 0 unspecified atom stereocenters. The molecule has 0 aliphatic rings. The third-order valence-electron chi connectivity index (χ3n) is 1.92. The van der Waals surface area contributed by atoms with Crippen LogP contribution in [0.25, 0.3) is 0 Å². The molecular formula is C11H7BrN2O. The lowest BCUT2D eigenvalue weighted by atomic mass is 9.98. The van der Waals surface area contributed by atoms with Crippen LogP contribution in [-0.2, 0) is 0 Å². The molecule has 0 heterocycles. The highest BCUT2D eigenvalue weighted by Gasteiger charge is 2.13. The van der Waals surface area contributed by atoms with Gasteiger partial charge in [-0.1, -0.05) is 22.0 Å². The third kappa shape index (κ3) is 2.43. The van der Waals surface area contributed by atoms with E-state index in [4.69, 9.17) is 10.5 Å². The van der Waals surface area contributed by atoms with E-state index in [-0.39, 0.29) is 16.9 Å². The number of Topliss-reactive ketones (excluding diaryl/α,β-unsaturated/α-hetero) is 1. The van der Waals surface area contributed by atoms with E-state index >= 15 is 0 Å². The van der Waals surface area contributed by atoms with Crippen LogP contribution in [-0.4, -0.2) is 11.1 Å². The Morgan fingerprint density at radius 2 is 2.07 bits per heavy atom. The monoisotopic (exact) mass is 262 g/mol. The first-order valence-corrected chi connectivity index (χ1v) is 5.39. The number of nitrogens with zero attached hydrogens (tertiary/aromatic N) is 2. The Bertz CT molecular complexity index is 468. The number of benzene rings is 1. The molecule has 1 aromatic rings. The highest BCUT2D eigenvalue weighted by molar-refractivity contribution is 9.09. The molecule has 0 fully saturated rings. The Morgan fingerprint density at radius 1 is 1.33 bits per heavy atom. The minimum absolute atomic E-state index is 0.125. The molecule has 0 aliphatic heterocycles. The molecule has 0 saturated heterocycles. The van der Waals surface area contributed by atoms with Crippen LogP contribution >= 0.6 is 15.9 Å². The van der Waals surface area contributed by atoms with Crippen LogP contribution in [0.1, 0.15) is 27.9 Å². The maximum atomic E-state index is 11.6. The summed E-state index contributed by atoms with van der Waals surface area (Å²) in [5, 5.41) is 18.2. The number of rotatable bonds is 3. The Kier molecular flexibility index (Phi) is 4.03. The Balaban J connectivity index is 3.26. The van der Waals surface area contributed by atoms with E-state index in [9.17, 15) is 4.79 Å². The molecule has 0 bridgehead atoms. The van der Waals surface area contributed by atoms with E-state index in [0.717, 1.165) is 0 Å². The normalized spacial score (nSPS) is 9.00. The van der Waals surface area contributed by atoms with Gasteiger partial charge in [-0.2, -0.15) is 10.5 Å². The van der Waals surface area contributed by atoms with Crippen molar-refractivity contribution in [1.82, 2.24) is 0 Å². The minimum atomic E-state index is -0.125. The van der Waals surface area contributed by atoms with Gasteiger partial charge in [-0.3, -0.25) is 4.79 Å². The zero-order valence-corrected chi connectivity index (χ0v) is 9.41. The number of carbonyl (C=O) groups excluding carboxylic acids is 1. The predicted octanol–water partition coefficient (Wildman–Crippen LogP) is 2.40. The molecule has 4 heteroatoms. The van der Waals surface area contributed by atoms with Gasteiger partial charge in [-0.15, -0.1) is 0 Å². The van der Waals surface area contributed by atoms with Crippen molar-refractivity contribution in [2.24, 2.45) is 0 Å². The fourth-order valence-electron chi connectivity index (χ4n) is 1.22. The molecule has 1 rings (SSSR count). The molecule has 0 N–H and O–H groups in total. The number of hydrogen-bond donors (Lipinski definition) is 0. The van der Waals surface area contributed by atoms with Gasteiger partial charge < -0.3 is 0 Å². The zero-order chi connectivity index (χ0) is 11.3. The average molecular weight is 263 g/mol. The molecule has 74 valence electrons. The summed E-state index contributed by atoms with van der Waals surface area (Å²) in [4.78, 5) is 11.6. The van der Waals surface area contributed by atoms with Crippen LogP contribution in [0.4, 0.5) is 0 Å². The van der Waals surface area contributed by atoms with Crippen LogP contribution in [0.5, 0.6) is 0 Å². The van der Waals surface area contributed by atoms with Crippen LogP contribution in [0.2, 0.25) is 0 Å². The van der Waals surface area contributed by atoms with Gasteiger partial charge in [0.25, 0.3) is 0 Å². The molecule has 15 heavy (non-hydrogen) atoms. The van der Waals surface area contributed by atoms with E-state index in [1.54, 1.807) is 12.1 Å². The van der Waals surface area contributed by atoms with E-state index < -0.39 is 0 Å². The van der Waals surface area contributed by atoms with Crippen LogP contribution in [0.15, 0.2) is 18.2 Å². The van der Waals surface area contributed by atoms with E-state index in [1.165, 1.54) is 6.07 Å². The summed E-state index contributed by atoms with van der Waals surface area (Å²) in [5.41, 5.74) is 0.750. The molecule has 0 saturated carbocycles. The largest absolute Gasteiger partial charge is 0.294 e. The Morgan fingerprint density at radius 3 is 2.60 bits per heavy atom. The van der Waals surface area contributed by atoms with E-state index in [0.29, 0.717) is 17.3 Å². The lowest BCUT2D eigenvalue weighted by molar-refractivity contribution is 0.0989. The van der Waals surface area contributed by atoms with E-state index in [2.05, 4.69) is 15.9 Å². The molecular weight excluding hydrogens is 256 g/mol. The highest BCUT2D eigenvalue weighted by atomic mass is 79.9. The van der Waals surface area contributed by atoms with Gasteiger partial charge >= 0.3 is 0 Å². The molecule has 0 spiro atoms. The minimum Gasteiger partial charge on any atom is -0.294 e. The third-order valence-corrected chi connectivity index (χ3v) is 2.32. The number of nitriles is 2. The van der Waals surface area contributed by atoms with Gasteiger partial charge in [0.2, 0.25) is 0 Å². The second-order valence-electron chi connectivity index (χ2n) is 2.81. The highest BCUT2D eigenvalue weighted by Crippen LogP contribution is 2.15. The van der Waals surface area contributed by atoms with Crippen molar-refractivity contribution in [3.8, 4) is 12.1 Å². The smallest absolute Gasteiger partial charge is 0.165 e. The predicted molar refractivity (Wildman–Crippen MR) is 58.6 cm³/mol. The Labute approximate surface area is 96.1 Å². The van der Waals surface area contributed by atoms with Crippen LogP contribution < -0.4 is 0 Å². The number of ketones is 1. The van der Waals surface area contributed by atoms with Crippen molar-refractivity contribution in [2.75, 3.05) is 5.33 Å². The van der Waals surface area contributed by atoms with Gasteiger partial charge in [-0.05, 0) is 12.1 Å². The summed E-state index contributed by atoms with van der Waals surface area (Å²) in [6.07, 6.45) is 0.323. The van der Waals surface area contributed by atoms with Crippen LogP contribution in [0.3, 0.4) is 0 Å². The Hall–Kier alpha value is -1.65. The summed E-state index contributed by atoms with van der Waals surface area (Å²) in [6.45, 7) is 0. The summed E-state index contributed by atoms with van der Waals surface area (Å²) < 4.78 is 0. The quantitative estimate of drug-likeness (QED) is 0.621. The molecule has 0 radical (unpaired) electrons. The van der Waals surface area contributed by atoms with Gasteiger partial charge in [0.1, 0.15) is 12.1 Å². The fourth-order valence-corrected chi connectivity index (χ4v) is 1.58. The second kappa shape index (κ2) is 5.29. The van der Waals surface area contributed by atoms with Crippen molar-refractivity contribution in [3.05, 3.63) is 34.9 Å². The zero-order valence-electron chi connectivity index (χ0n) is 7.83. The number of alkyl halides is 1. The van der Waals surface area contributed by atoms with E-state index in [1.807, 2.05) is 12.1 Å². The van der Waals surface area contributed by atoms with Crippen molar-refractivity contribution < 1.29 is 4.79 Å². The lowest BCUT2D eigenvalue weighted by Gasteiger charge is -2.02. The first-order valence-electron chi connectivity index (χ1n) is 4.27. The molecule has 0 amide bonds. The first-order chi connectivity index (χ1) is 7.24. The van der Waals surface area contributed by atoms with Crippen molar-refractivity contribution in [3.63, 3.8) is 0 Å². The lowest BCUT2D eigenvalue weighted by Crippen LogP contribution is -2.04. The fraction of sp³-hybridized carbons (Fsp3) is 0.182. The summed E-state index contributed by atoms with van der Waals surface area (Å²) in [7, 11) is 0. The van der Waals surface area contributed by atoms with Gasteiger partial charge in [-0.25, -0.2) is 0 Å². The van der Waals surface area contributed by atoms with Gasteiger partial charge in [0, 0.05) is 17.3 Å². The molecule has 3 nitrogen and oxygen atoms in total. The number of halogens is 1. The first kappa shape index (κ1) is 11.4. The average Bonchev–Trinajstić information content (AvgIpc) is 2.28. The van der Waals surface area contributed by atoms with Crippen LogP contribution in [0, 0.1) is 22.7 Å². The summed E-state index contributed by atoms with van der Waals surface area (Å²) >= 11 is 3.16. The molecule has 1 aromatic carbocycles. The number of hydrogen-bond acceptors (Lipinski definition) is 3. The standard InChI is InChI=1S/C11H7BrN2O/c12-5-4-11(15)9-3-1-2-8(6-13)10(9)7-14/h1-3H,4-5H2. The topological polar surface area (TPSA) is 64.7 Å². The molecule has 0 atom stereocenters. The second-order valence-corrected chi connectivity index (χ2v) is 3.61. The van der Waals surface area contributed by atoms with Crippen molar-refractivity contribution in [2.45, 2.75) is 6.42 Å². The maximum Gasteiger partial charge on any atom is 0.165 e. The van der Waals surface area contributed by atoms with Crippen molar-refractivity contribution >= 4 is 21.7 Å². The summed E-state index contributed by atoms with van der Waals surface area (Å²) in [5.74, 6) is -0.125. The maximum absolute atomic E-state index is 11.6. The summed E-state index contributed by atoms with van der Waals surface area (Å²) in [6, 6.07) is 8.51. The SMILES string of the molecule is N#Cc1cccc(C(=O)CCBr)c1C#N. The van der Waals surface area contributed by atoms with Gasteiger partial charge in [0.05, 0.1) is 11.1 Å². The number of carbonyl (C=O) groups is 1. The van der Waals surface area contributed by atoms with Gasteiger partial charge in [0.15, 0.2) is 5.78 Å². The molecule has 0 aliphatic carbocycles. The van der Waals surface area contributed by atoms with Crippen molar-refractivity contribution in [1.29, 1.82) is 10.5 Å². The molecule has 0 aromatic heterocycles.